The number of likely N-dealkylation sites (N-methyl/N-ethyl adjacent to an activating group) is 1. The van der Waals surface area contributed by atoms with Gasteiger partial charge in [-0.2, -0.15) is 0 Å². The van der Waals surface area contributed by atoms with Gasteiger partial charge in [0.25, 0.3) is 0 Å². The van der Waals surface area contributed by atoms with Crippen LogP contribution in [0.25, 0.3) is 0 Å². The minimum absolute atomic E-state index is 0.114. The van der Waals surface area contributed by atoms with Gasteiger partial charge in [0.2, 0.25) is 5.82 Å². The fourth-order valence-electron chi connectivity index (χ4n) is 1.16. The van der Waals surface area contributed by atoms with Gasteiger partial charge >= 0.3 is 5.69 Å². The van der Waals surface area contributed by atoms with Gasteiger partial charge in [-0.05, 0) is 27.9 Å². The van der Waals surface area contributed by atoms with Crippen molar-refractivity contribution in [3.63, 3.8) is 0 Å². The Morgan fingerprint density at radius 2 is 2.17 bits per heavy atom. The first-order valence-corrected chi connectivity index (χ1v) is 5.83. The van der Waals surface area contributed by atoms with E-state index >= 15 is 0 Å². The highest BCUT2D eigenvalue weighted by Crippen LogP contribution is 2.25. The minimum atomic E-state index is -0.496. The van der Waals surface area contributed by atoms with E-state index in [2.05, 4.69) is 10.3 Å². The topological polar surface area (TPSA) is 71.3 Å². The molecule has 0 aromatic carbocycles. The van der Waals surface area contributed by atoms with Crippen molar-refractivity contribution in [2.24, 2.45) is 0 Å². The summed E-state index contributed by atoms with van der Waals surface area (Å²) in [5, 5.41) is 14.1. The third kappa shape index (κ3) is 3.54. The number of hydrogen-bond donors (Lipinski definition) is 1. The summed E-state index contributed by atoms with van der Waals surface area (Å²) in [4.78, 5) is 16.4. The maximum absolute atomic E-state index is 10.9. The van der Waals surface area contributed by atoms with E-state index < -0.39 is 4.92 Å². The number of nitrogens with one attached hydrogen (secondary N) is 1. The zero-order valence-corrected chi connectivity index (χ0v) is 11.7. The molecule has 0 saturated carbocycles. The van der Waals surface area contributed by atoms with Crippen LogP contribution < -0.4 is 5.32 Å². The van der Waals surface area contributed by atoms with Crippen molar-refractivity contribution >= 4 is 23.1 Å². The molecule has 0 spiro atoms. The molecule has 0 saturated heterocycles. The second-order valence-electron chi connectivity index (χ2n) is 4.84. The van der Waals surface area contributed by atoms with E-state index in [0.717, 1.165) is 0 Å². The van der Waals surface area contributed by atoms with E-state index in [1.807, 2.05) is 32.8 Å². The van der Waals surface area contributed by atoms with Gasteiger partial charge in [-0.3, -0.25) is 10.1 Å². The number of aromatic nitrogens is 1. The molecule has 6 nitrogen and oxygen atoms in total. The molecule has 100 valence electrons. The van der Waals surface area contributed by atoms with Crippen molar-refractivity contribution in [1.29, 1.82) is 0 Å². The first-order chi connectivity index (χ1) is 8.24. The highest BCUT2D eigenvalue weighted by atomic mass is 35.5. The summed E-state index contributed by atoms with van der Waals surface area (Å²) < 4.78 is 0. The molecule has 0 amide bonds. The molecule has 0 fully saturated rings. The second kappa shape index (κ2) is 5.49. The first kappa shape index (κ1) is 14.7. The fourth-order valence-corrected chi connectivity index (χ4v) is 1.31. The van der Waals surface area contributed by atoms with Crippen molar-refractivity contribution in [1.82, 2.24) is 9.88 Å². The van der Waals surface area contributed by atoms with Crippen LogP contribution in [0, 0.1) is 10.1 Å². The van der Waals surface area contributed by atoms with Crippen LogP contribution in [-0.4, -0.2) is 41.0 Å². The third-order valence-electron chi connectivity index (χ3n) is 2.93. The monoisotopic (exact) mass is 272 g/mol. The number of halogens is 1. The molecular weight excluding hydrogens is 256 g/mol. The summed E-state index contributed by atoms with van der Waals surface area (Å²) in [5.74, 6) is 0.235. The van der Waals surface area contributed by atoms with Gasteiger partial charge in [-0.25, -0.2) is 4.98 Å². The van der Waals surface area contributed by atoms with Crippen molar-refractivity contribution in [3.05, 3.63) is 27.4 Å². The van der Waals surface area contributed by atoms with E-state index in [-0.39, 0.29) is 22.1 Å². The molecule has 1 aromatic heterocycles. The van der Waals surface area contributed by atoms with E-state index in [9.17, 15) is 10.1 Å². The minimum Gasteiger partial charge on any atom is -0.363 e. The van der Waals surface area contributed by atoms with E-state index in [4.69, 9.17) is 11.6 Å². The highest BCUT2D eigenvalue weighted by molar-refractivity contribution is 6.30. The summed E-state index contributed by atoms with van der Waals surface area (Å²) in [5.41, 5.74) is -0.258. The Bertz CT molecular complexity index is 449. The zero-order chi connectivity index (χ0) is 13.9. The molecule has 0 bridgehead atoms. The molecule has 7 heteroatoms. The molecule has 0 unspecified atom stereocenters. The highest BCUT2D eigenvalue weighted by Gasteiger charge is 2.23. The third-order valence-corrected chi connectivity index (χ3v) is 3.14. The number of nitrogens with zero attached hydrogens (tertiary/aromatic N) is 3. The van der Waals surface area contributed by atoms with Crippen LogP contribution in [0.1, 0.15) is 13.8 Å². The van der Waals surface area contributed by atoms with Gasteiger partial charge in [0, 0.05) is 24.3 Å². The maximum Gasteiger partial charge on any atom is 0.312 e. The van der Waals surface area contributed by atoms with Crippen molar-refractivity contribution in [2.45, 2.75) is 19.4 Å². The summed E-state index contributed by atoms with van der Waals surface area (Å²) in [6, 6.07) is 1.29. The lowest BCUT2D eigenvalue weighted by Gasteiger charge is -2.32. The average Bonchev–Trinajstić information content (AvgIpc) is 2.27. The molecule has 0 aliphatic heterocycles. The summed E-state index contributed by atoms with van der Waals surface area (Å²) >= 11 is 5.70. The van der Waals surface area contributed by atoms with Crippen LogP contribution in [0.4, 0.5) is 11.5 Å². The zero-order valence-electron chi connectivity index (χ0n) is 10.9. The normalized spacial score (nSPS) is 11.7. The van der Waals surface area contributed by atoms with Crippen molar-refractivity contribution in [2.75, 3.05) is 26.0 Å². The van der Waals surface area contributed by atoms with Crippen molar-refractivity contribution < 1.29 is 4.92 Å². The van der Waals surface area contributed by atoms with Crippen LogP contribution in [-0.2, 0) is 0 Å². The molecule has 1 rings (SSSR count). The number of pyridine rings is 1. The lowest BCUT2D eigenvalue weighted by atomic mass is 10.0. The molecule has 0 atom stereocenters. The Morgan fingerprint density at radius 3 is 2.67 bits per heavy atom. The lowest BCUT2D eigenvalue weighted by molar-refractivity contribution is -0.384. The van der Waals surface area contributed by atoms with E-state index in [0.29, 0.717) is 6.54 Å². The maximum atomic E-state index is 10.9. The fraction of sp³-hybridized carbons (Fsp3) is 0.545. The molecule has 0 radical (unpaired) electrons. The molecule has 1 N–H and O–H groups in total. The standard InChI is InChI=1S/C11H17ClN4O2/c1-11(2,15(3)4)7-14-10-9(16(17)18)5-8(12)6-13-10/h5-6H,7H2,1-4H3,(H,13,14). The Labute approximate surface area is 111 Å². The SMILES string of the molecule is CN(C)C(C)(C)CNc1ncc(Cl)cc1[N+](=O)[O-]. The number of anilines is 1. The Morgan fingerprint density at radius 1 is 1.56 bits per heavy atom. The second-order valence-corrected chi connectivity index (χ2v) is 5.28. The van der Waals surface area contributed by atoms with Crippen molar-refractivity contribution in [3.8, 4) is 0 Å². The van der Waals surface area contributed by atoms with Gasteiger partial charge in [0.1, 0.15) is 0 Å². The number of nitro groups is 1. The lowest BCUT2D eigenvalue weighted by Crippen LogP contribution is -2.44. The van der Waals surface area contributed by atoms with Crippen LogP contribution in [0.3, 0.4) is 0 Å². The van der Waals surface area contributed by atoms with E-state index in [1.165, 1.54) is 12.3 Å². The summed E-state index contributed by atoms with van der Waals surface area (Å²) in [6.45, 7) is 4.60. The van der Waals surface area contributed by atoms with Gasteiger partial charge in [-0.15, -0.1) is 0 Å². The largest absolute Gasteiger partial charge is 0.363 e. The van der Waals surface area contributed by atoms with Crippen LogP contribution in [0.2, 0.25) is 5.02 Å². The number of rotatable bonds is 5. The van der Waals surface area contributed by atoms with Gasteiger partial charge in [0.15, 0.2) is 0 Å². The first-order valence-electron chi connectivity index (χ1n) is 5.45. The van der Waals surface area contributed by atoms with E-state index in [1.54, 1.807) is 0 Å². The molecular formula is C11H17ClN4O2. The summed E-state index contributed by atoms with van der Waals surface area (Å²) in [7, 11) is 3.90. The van der Waals surface area contributed by atoms with Crippen LogP contribution >= 0.6 is 11.6 Å². The smallest absolute Gasteiger partial charge is 0.312 e. The Balaban J connectivity index is 2.89. The Hall–Kier alpha value is -1.40. The van der Waals surface area contributed by atoms with Gasteiger partial charge in [-0.1, -0.05) is 11.6 Å². The molecule has 1 aromatic rings. The van der Waals surface area contributed by atoms with Crippen LogP contribution in [0.15, 0.2) is 12.3 Å². The average molecular weight is 273 g/mol. The van der Waals surface area contributed by atoms with Crippen LogP contribution in [0.5, 0.6) is 0 Å². The predicted octanol–water partition coefficient (Wildman–Crippen LogP) is 2.40. The molecule has 0 aliphatic rings. The molecule has 0 aliphatic carbocycles. The predicted molar refractivity (Wildman–Crippen MR) is 72.2 cm³/mol. The Kier molecular flexibility index (Phi) is 4.48. The molecule has 18 heavy (non-hydrogen) atoms. The summed E-state index contributed by atoms with van der Waals surface area (Å²) in [6.07, 6.45) is 1.39. The van der Waals surface area contributed by atoms with Gasteiger partial charge in [0.05, 0.1) is 9.95 Å². The van der Waals surface area contributed by atoms with Gasteiger partial charge < -0.3 is 10.2 Å². The number of hydrogen-bond acceptors (Lipinski definition) is 5. The molecule has 1 heterocycles. The quantitative estimate of drug-likeness (QED) is 0.658.